The molecule has 0 saturated heterocycles. The van der Waals surface area contributed by atoms with Crippen LogP contribution in [-0.2, 0) is 4.79 Å². The predicted octanol–water partition coefficient (Wildman–Crippen LogP) is 3.94. The van der Waals surface area contributed by atoms with E-state index < -0.39 is 0 Å². The Morgan fingerprint density at radius 1 is 0.962 bits per heavy atom. The molecule has 2 aromatic carbocycles. The molecule has 0 bridgehead atoms. The zero-order valence-electron chi connectivity index (χ0n) is 15.8. The van der Waals surface area contributed by atoms with E-state index in [9.17, 15) is 9.59 Å². The Labute approximate surface area is 155 Å². The van der Waals surface area contributed by atoms with Crippen molar-refractivity contribution in [3.8, 4) is 0 Å². The molecule has 5 nitrogen and oxygen atoms in total. The third-order valence-electron chi connectivity index (χ3n) is 4.40. The van der Waals surface area contributed by atoms with Crippen molar-refractivity contribution < 1.29 is 9.59 Å². The average molecular weight is 353 g/mol. The smallest absolute Gasteiger partial charge is 0.315 e. The van der Waals surface area contributed by atoms with Crippen LogP contribution in [0.3, 0.4) is 0 Å². The van der Waals surface area contributed by atoms with E-state index in [1.54, 1.807) is 0 Å². The quantitative estimate of drug-likeness (QED) is 0.736. The molecule has 2 rings (SSSR count). The molecule has 0 fully saturated rings. The van der Waals surface area contributed by atoms with Crippen LogP contribution in [0.25, 0.3) is 0 Å². The molecule has 3 N–H and O–H groups in total. The summed E-state index contributed by atoms with van der Waals surface area (Å²) in [4.78, 5) is 24.3. The summed E-state index contributed by atoms with van der Waals surface area (Å²) >= 11 is 0. The highest BCUT2D eigenvalue weighted by Gasteiger charge is 2.18. The molecule has 0 spiro atoms. The van der Waals surface area contributed by atoms with Crippen molar-refractivity contribution in [1.82, 2.24) is 10.6 Å². The summed E-state index contributed by atoms with van der Waals surface area (Å²) in [6.45, 7) is 7.96. The summed E-state index contributed by atoms with van der Waals surface area (Å²) in [5, 5.41) is 8.40. The number of carbonyl (C=O) groups is 2. The number of rotatable bonds is 6. The minimum Gasteiger partial charge on any atom is -0.331 e. The molecule has 26 heavy (non-hydrogen) atoms. The fourth-order valence-electron chi connectivity index (χ4n) is 2.73. The first kappa shape index (κ1) is 19.5. The number of aryl methyl sites for hydroxylation is 1. The van der Waals surface area contributed by atoms with Gasteiger partial charge < -0.3 is 16.0 Å². The van der Waals surface area contributed by atoms with Crippen molar-refractivity contribution in [2.75, 3.05) is 11.9 Å². The molecule has 5 heteroatoms. The van der Waals surface area contributed by atoms with Crippen LogP contribution in [0.1, 0.15) is 36.6 Å². The first-order valence-corrected chi connectivity index (χ1v) is 8.84. The number of hydrogen-bond donors (Lipinski definition) is 3. The second-order valence-electron chi connectivity index (χ2n) is 6.76. The van der Waals surface area contributed by atoms with Crippen LogP contribution in [-0.4, -0.2) is 18.5 Å². The van der Waals surface area contributed by atoms with E-state index in [-0.39, 0.29) is 30.4 Å². The summed E-state index contributed by atoms with van der Waals surface area (Å²) < 4.78 is 0. The Bertz CT molecular complexity index is 757. The monoisotopic (exact) mass is 353 g/mol. The Morgan fingerprint density at radius 3 is 2.31 bits per heavy atom. The van der Waals surface area contributed by atoms with Crippen molar-refractivity contribution in [1.29, 1.82) is 0 Å². The van der Waals surface area contributed by atoms with E-state index in [4.69, 9.17) is 0 Å². The average Bonchev–Trinajstić information content (AvgIpc) is 2.62. The molecular formula is C21H27N3O2. The van der Waals surface area contributed by atoms with E-state index in [1.807, 2.05) is 76.2 Å². The van der Waals surface area contributed by atoms with Gasteiger partial charge in [-0.2, -0.15) is 0 Å². The first-order chi connectivity index (χ1) is 12.4. The van der Waals surface area contributed by atoms with Gasteiger partial charge in [-0.05, 0) is 42.5 Å². The number of amides is 3. The maximum atomic E-state index is 12.2. The normalized spacial score (nSPS) is 11.7. The van der Waals surface area contributed by atoms with Crippen LogP contribution >= 0.6 is 0 Å². The summed E-state index contributed by atoms with van der Waals surface area (Å²) in [6, 6.07) is 15.1. The van der Waals surface area contributed by atoms with Gasteiger partial charge in [-0.1, -0.05) is 56.3 Å². The van der Waals surface area contributed by atoms with Gasteiger partial charge >= 0.3 is 6.03 Å². The summed E-state index contributed by atoms with van der Waals surface area (Å²) in [5.74, 6) is -0.0263. The first-order valence-electron chi connectivity index (χ1n) is 8.84. The number of anilines is 1. The van der Waals surface area contributed by atoms with Gasteiger partial charge in [-0.15, -0.1) is 0 Å². The van der Waals surface area contributed by atoms with Crippen molar-refractivity contribution in [3.05, 3.63) is 65.2 Å². The van der Waals surface area contributed by atoms with E-state index in [1.165, 1.54) is 0 Å². The number of nitrogens with one attached hydrogen (secondary N) is 3. The Kier molecular flexibility index (Phi) is 6.78. The van der Waals surface area contributed by atoms with Gasteiger partial charge in [0, 0.05) is 5.69 Å². The number of benzene rings is 2. The highest BCUT2D eigenvalue weighted by molar-refractivity contribution is 5.95. The SMILES string of the molecule is Cc1cccc(NC(=O)CNC(=O)N[C@@H](c2ccccc2)C(C)C)c1C. The van der Waals surface area contributed by atoms with Crippen LogP contribution in [0, 0.1) is 19.8 Å². The highest BCUT2D eigenvalue weighted by atomic mass is 16.2. The van der Waals surface area contributed by atoms with E-state index in [0.29, 0.717) is 0 Å². The lowest BCUT2D eigenvalue weighted by atomic mass is 9.96. The molecule has 0 aromatic heterocycles. The number of urea groups is 1. The number of hydrogen-bond acceptors (Lipinski definition) is 2. The van der Waals surface area contributed by atoms with Gasteiger partial charge in [0.15, 0.2) is 0 Å². The Hall–Kier alpha value is -2.82. The van der Waals surface area contributed by atoms with Gasteiger partial charge in [0.25, 0.3) is 0 Å². The van der Waals surface area contributed by atoms with E-state index in [2.05, 4.69) is 16.0 Å². The second-order valence-corrected chi connectivity index (χ2v) is 6.76. The van der Waals surface area contributed by atoms with Gasteiger partial charge in [-0.3, -0.25) is 4.79 Å². The van der Waals surface area contributed by atoms with E-state index in [0.717, 1.165) is 22.4 Å². The Balaban J connectivity index is 1.89. The van der Waals surface area contributed by atoms with Crippen molar-refractivity contribution in [2.24, 2.45) is 5.92 Å². The molecular weight excluding hydrogens is 326 g/mol. The summed E-state index contributed by atoms with van der Waals surface area (Å²) in [5.41, 5.74) is 3.93. The number of carbonyl (C=O) groups excluding carboxylic acids is 2. The van der Waals surface area contributed by atoms with Crippen LogP contribution in [0.4, 0.5) is 10.5 Å². The second kappa shape index (κ2) is 9.04. The Morgan fingerprint density at radius 2 is 1.65 bits per heavy atom. The molecule has 2 aromatic rings. The summed E-state index contributed by atoms with van der Waals surface area (Å²) in [6.07, 6.45) is 0. The molecule has 0 heterocycles. The standard InChI is InChI=1S/C21H27N3O2/c1-14(2)20(17-10-6-5-7-11-17)24-21(26)22-13-19(25)23-18-12-8-9-15(3)16(18)4/h5-12,14,20H,13H2,1-4H3,(H,23,25)(H2,22,24,26)/t20-/m1/s1. The minimum absolute atomic E-state index is 0.0845. The largest absolute Gasteiger partial charge is 0.331 e. The molecule has 0 aliphatic carbocycles. The van der Waals surface area contributed by atoms with Crippen LogP contribution in [0.2, 0.25) is 0 Å². The molecule has 3 amide bonds. The molecule has 0 radical (unpaired) electrons. The predicted molar refractivity (Wildman–Crippen MR) is 105 cm³/mol. The lowest BCUT2D eigenvalue weighted by molar-refractivity contribution is -0.115. The third kappa shape index (κ3) is 5.34. The topological polar surface area (TPSA) is 70.2 Å². The summed E-state index contributed by atoms with van der Waals surface area (Å²) in [7, 11) is 0. The van der Waals surface area contributed by atoms with Crippen molar-refractivity contribution in [2.45, 2.75) is 33.7 Å². The van der Waals surface area contributed by atoms with Gasteiger partial charge in [0.05, 0.1) is 12.6 Å². The molecule has 0 aliphatic heterocycles. The van der Waals surface area contributed by atoms with Gasteiger partial charge in [0.1, 0.15) is 0 Å². The van der Waals surface area contributed by atoms with Crippen LogP contribution < -0.4 is 16.0 Å². The molecule has 1 atom stereocenters. The van der Waals surface area contributed by atoms with Gasteiger partial charge in [0.2, 0.25) is 5.91 Å². The minimum atomic E-state index is -0.358. The van der Waals surface area contributed by atoms with E-state index >= 15 is 0 Å². The lowest BCUT2D eigenvalue weighted by Crippen LogP contribution is -2.42. The van der Waals surface area contributed by atoms with Crippen LogP contribution in [0.5, 0.6) is 0 Å². The lowest BCUT2D eigenvalue weighted by Gasteiger charge is -2.23. The maximum Gasteiger partial charge on any atom is 0.315 e. The fraction of sp³-hybridized carbons (Fsp3) is 0.333. The highest BCUT2D eigenvalue weighted by Crippen LogP contribution is 2.21. The maximum absolute atomic E-state index is 12.2. The molecule has 0 unspecified atom stereocenters. The molecule has 0 saturated carbocycles. The zero-order chi connectivity index (χ0) is 19.1. The third-order valence-corrected chi connectivity index (χ3v) is 4.40. The zero-order valence-corrected chi connectivity index (χ0v) is 15.8. The van der Waals surface area contributed by atoms with Gasteiger partial charge in [-0.25, -0.2) is 4.79 Å². The van der Waals surface area contributed by atoms with Crippen molar-refractivity contribution in [3.63, 3.8) is 0 Å². The van der Waals surface area contributed by atoms with Crippen molar-refractivity contribution >= 4 is 17.6 Å². The fourth-order valence-corrected chi connectivity index (χ4v) is 2.73. The molecule has 0 aliphatic rings. The molecule has 138 valence electrons. The van der Waals surface area contributed by atoms with Crippen LogP contribution in [0.15, 0.2) is 48.5 Å².